The molecule has 1 fully saturated rings. The zero-order chi connectivity index (χ0) is 14.1. The van der Waals surface area contributed by atoms with Gasteiger partial charge >= 0.3 is 0 Å². The van der Waals surface area contributed by atoms with Crippen LogP contribution in [0.5, 0.6) is 0 Å². The summed E-state index contributed by atoms with van der Waals surface area (Å²) >= 11 is 0. The molecule has 0 bridgehead atoms. The van der Waals surface area contributed by atoms with Crippen LogP contribution < -0.4 is 10.6 Å². The third-order valence-electron chi connectivity index (χ3n) is 5.05. The van der Waals surface area contributed by atoms with E-state index in [4.69, 9.17) is 5.73 Å². The Labute approximate surface area is 118 Å². The zero-order valence-electron chi connectivity index (χ0n) is 12.9. The summed E-state index contributed by atoms with van der Waals surface area (Å²) in [5.74, 6) is 0. The van der Waals surface area contributed by atoms with Gasteiger partial charge in [-0.05, 0) is 50.2 Å². The number of aryl methyl sites for hydroxylation is 1. The Bertz CT molecular complexity index is 409. The van der Waals surface area contributed by atoms with Crippen LogP contribution in [0.15, 0.2) is 24.3 Å². The molecule has 2 N–H and O–H groups in total. The Kier molecular flexibility index (Phi) is 3.91. The number of anilines is 1. The molecule has 1 aliphatic carbocycles. The molecule has 0 amide bonds. The van der Waals surface area contributed by atoms with Crippen LogP contribution in [0.1, 0.15) is 45.1 Å². The average Bonchev–Trinajstić information content (AvgIpc) is 2.40. The lowest BCUT2D eigenvalue weighted by Crippen LogP contribution is -2.55. The minimum absolute atomic E-state index is 0.144. The molecular formula is C17H28N2. The van der Waals surface area contributed by atoms with Crippen molar-refractivity contribution in [3.63, 3.8) is 0 Å². The van der Waals surface area contributed by atoms with Crippen molar-refractivity contribution in [3.05, 3.63) is 29.8 Å². The van der Waals surface area contributed by atoms with Crippen LogP contribution in [-0.2, 0) is 0 Å². The lowest BCUT2D eigenvalue weighted by Gasteiger charge is -2.49. The number of likely N-dealkylation sites (N-methyl/N-ethyl adjacent to an activating group) is 1. The third-order valence-corrected chi connectivity index (χ3v) is 5.05. The molecule has 1 aliphatic rings. The summed E-state index contributed by atoms with van der Waals surface area (Å²) < 4.78 is 0. The van der Waals surface area contributed by atoms with Crippen molar-refractivity contribution in [1.82, 2.24) is 0 Å². The molecular weight excluding hydrogens is 232 g/mol. The van der Waals surface area contributed by atoms with Crippen molar-refractivity contribution in [2.45, 2.75) is 52.0 Å². The summed E-state index contributed by atoms with van der Waals surface area (Å²) in [7, 11) is 2.20. The van der Waals surface area contributed by atoms with E-state index in [1.54, 1.807) is 0 Å². The quantitative estimate of drug-likeness (QED) is 0.897. The minimum atomic E-state index is 0.144. The van der Waals surface area contributed by atoms with Gasteiger partial charge in [0.2, 0.25) is 0 Å². The first-order valence-electron chi connectivity index (χ1n) is 7.39. The normalized spacial score (nSPS) is 21.1. The second kappa shape index (κ2) is 5.16. The zero-order valence-corrected chi connectivity index (χ0v) is 12.9. The Balaban J connectivity index is 2.19. The van der Waals surface area contributed by atoms with Crippen LogP contribution in [0.25, 0.3) is 0 Å². The highest BCUT2D eigenvalue weighted by Gasteiger charge is 2.40. The highest BCUT2D eigenvalue weighted by atomic mass is 15.2. The molecule has 19 heavy (non-hydrogen) atoms. The summed E-state index contributed by atoms with van der Waals surface area (Å²) in [6.45, 7) is 7.62. The SMILES string of the molecule is Cc1ccc(N(C)C2(CN)CCC(C)(C)CC2)cc1. The fourth-order valence-electron chi connectivity index (χ4n) is 3.11. The molecule has 2 heteroatoms. The highest BCUT2D eigenvalue weighted by molar-refractivity contribution is 5.49. The number of hydrogen-bond donors (Lipinski definition) is 1. The van der Waals surface area contributed by atoms with Gasteiger partial charge in [-0.25, -0.2) is 0 Å². The predicted octanol–water partition coefficient (Wildman–Crippen LogP) is 3.73. The second-order valence-electron chi connectivity index (χ2n) is 6.99. The molecule has 0 spiro atoms. The summed E-state index contributed by atoms with van der Waals surface area (Å²) in [6.07, 6.45) is 4.92. The number of hydrogen-bond acceptors (Lipinski definition) is 2. The Morgan fingerprint density at radius 2 is 1.58 bits per heavy atom. The van der Waals surface area contributed by atoms with E-state index in [9.17, 15) is 0 Å². The first-order valence-corrected chi connectivity index (χ1v) is 7.39. The number of nitrogens with zero attached hydrogens (tertiary/aromatic N) is 1. The monoisotopic (exact) mass is 260 g/mol. The van der Waals surface area contributed by atoms with Crippen molar-refractivity contribution in [2.24, 2.45) is 11.1 Å². The standard InChI is InChI=1S/C17H28N2/c1-14-5-7-15(8-6-14)19(4)17(13-18)11-9-16(2,3)10-12-17/h5-8H,9-13,18H2,1-4H3. The number of nitrogens with two attached hydrogens (primary N) is 1. The van der Waals surface area contributed by atoms with Gasteiger partial charge in [0.25, 0.3) is 0 Å². The minimum Gasteiger partial charge on any atom is -0.368 e. The van der Waals surface area contributed by atoms with Gasteiger partial charge in [0, 0.05) is 19.3 Å². The van der Waals surface area contributed by atoms with E-state index in [0.29, 0.717) is 5.41 Å². The first-order chi connectivity index (χ1) is 8.88. The predicted molar refractivity (Wildman–Crippen MR) is 83.6 cm³/mol. The molecule has 2 rings (SSSR count). The van der Waals surface area contributed by atoms with Gasteiger partial charge in [-0.1, -0.05) is 31.5 Å². The maximum absolute atomic E-state index is 6.15. The molecule has 0 atom stereocenters. The molecule has 0 unspecified atom stereocenters. The average molecular weight is 260 g/mol. The topological polar surface area (TPSA) is 29.3 Å². The van der Waals surface area contributed by atoms with Crippen LogP contribution in [0.4, 0.5) is 5.69 Å². The van der Waals surface area contributed by atoms with E-state index >= 15 is 0 Å². The van der Waals surface area contributed by atoms with E-state index in [1.165, 1.54) is 36.9 Å². The van der Waals surface area contributed by atoms with E-state index in [0.717, 1.165) is 6.54 Å². The molecule has 0 saturated heterocycles. The molecule has 0 heterocycles. The van der Waals surface area contributed by atoms with Crippen molar-refractivity contribution in [2.75, 3.05) is 18.5 Å². The molecule has 0 aliphatic heterocycles. The van der Waals surface area contributed by atoms with Gasteiger partial charge in [0.1, 0.15) is 0 Å². The van der Waals surface area contributed by atoms with Gasteiger partial charge in [0.05, 0.1) is 5.54 Å². The Morgan fingerprint density at radius 3 is 2.05 bits per heavy atom. The van der Waals surface area contributed by atoms with Crippen LogP contribution in [0.3, 0.4) is 0 Å². The molecule has 1 aromatic carbocycles. The van der Waals surface area contributed by atoms with Crippen LogP contribution in [-0.4, -0.2) is 19.1 Å². The maximum atomic E-state index is 6.15. The lowest BCUT2D eigenvalue weighted by molar-refractivity contribution is 0.165. The lowest BCUT2D eigenvalue weighted by atomic mass is 9.68. The summed E-state index contributed by atoms with van der Waals surface area (Å²) in [5.41, 5.74) is 9.37. The van der Waals surface area contributed by atoms with Crippen LogP contribution in [0.2, 0.25) is 0 Å². The van der Waals surface area contributed by atoms with Crippen LogP contribution >= 0.6 is 0 Å². The fraction of sp³-hybridized carbons (Fsp3) is 0.647. The molecule has 1 saturated carbocycles. The van der Waals surface area contributed by atoms with Crippen molar-refractivity contribution in [3.8, 4) is 0 Å². The molecule has 0 aromatic heterocycles. The Hall–Kier alpha value is -1.02. The summed E-state index contributed by atoms with van der Waals surface area (Å²) in [6, 6.07) is 8.80. The van der Waals surface area contributed by atoms with Gasteiger partial charge in [0.15, 0.2) is 0 Å². The van der Waals surface area contributed by atoms with Crippen molar-refractivity contribution in [1.29, 1.82) is 0 Å². The van der Waals surface area contributed by atoms with E-state index in [-0.39, 0.29) is 5.54 Å². The molecule has 1 aromatic rings. The number of benzene rings is 1. The largest absolute Gasteiger partial charge is 0.368 e. The summed E-state index contributed by atoms with van der Waals surface area (Å²) in [4.78, 5) is 2.42. The fourth-order valence-corrected chi connectivity index (χ4v) is 3.11. The van der Waals surface area contributed by atoms with Gasteiger partial charge < -0.3 is 10.6 Å². The summed E-state index contributed by atoms with van der Waals surface area (Å²) in [5, 5.41) is 0. The second-order valence-corrected chi connectivity index (χ2v) is 6.99. The molecule has 106 valence electrons. The van der Waals surface area contributed by atoms with Crippen LogP contribution in [0, 0.1) is 12.3 Å². The van der Waals surface area contributed by atoms with E-state index in [2.05, 4.69) is 57.0 Å². The van der Waals surface area contributed by atoms with E-state index < -0.39 is 0 Å². The molecule has 0 radical (unpaired) electrons. The highest BCUT2D eigenvalue weighted by Crippen LogP contribution is 2.43. The van der Waals surface area contributed by atoms with Crippen molar-refractivity contribution < 1.29 is 0 Å². The first kappa shape index (κ1) is 14.4. The third kappa shape index (κ3) is 2.94. The number of rotatable bonds is 3. The van der Waals surface area contributed by atoms with Gasteiger partial charge in [-0.2, -0.15) is 0 Å². The van der Waals surface area contributed by atoms with Gasteiger partial charge in [-0.15, -0.1) is 0 Å². The Morgan fingerprint density at radius 1 is 1.05 bits per heavy atom. The molecule has 2 nitrogen and oxygen atoms in total. The van der Waals surface area contributed by atoms with Gasteiger partial charge in [-0.3, -0.25) is 0 Å². The van der Waals surface area contributed by atoms with E-state index in [1.807, 2.05) is 0 Å². The van der Waals surface area contributed by atoms with Crippen molar-refractivity contribution >= 4 is 5.69 Å². The maximum Gasteiger partial charge on any atom is 0.0521 e. The smallest absolute Gasteiger partial charge is 0.0521 e.